The number of rotatable bonds is 2. The van der Waals surface area contributed by atoms with Crippen LogP contribution in [0.4, 0.5) is 4.39 Å². The lowest BCUT2D eigenvalue weighted by molar-refractivity contribution is 0.621. The first-order valence-corrected chi connectivity index (χ1v) is 8.31. The van der Waals surface area contributed by atoms with Gasteiger partial charge in [0.2, 0.25) is 0 Å². The molecule has 0 spiro atoms. The van der Waals surface area contributed by atoms with Crippen LogP contribution in [0.5, 0.6) is 0 Å². The van der Waals surface area contributed by atoms with Crippen LogP contribution in [0.25, 0.3) is 33.5 Å². The minimum atomic E-state index is -0.347. The first-order chi connectivity index (χ1) is 12.3. The molecule has 0 saturated heterocycles. The predicted molar refractivity (Wildman–Crippen MR) is 89.1 cm³/mol. The Balaban J connectivity index is 1.66. The summed E-state index contributed by atoms with van der Waals surface area (Å²) < 4.78 is 15.5. The maximum atomic E-state index is 13.3. The van der Waals surface area contributed by atoms with Crippen LogP contribution in [-0.2, 0) is 6.42 Å². The molecule has 0 aromatic carbocycles. The molecule has 5 heterocycles. The summed E-state index contributed by atoms with van der Waals surface area (Å²) in [4.78, 5) is 8.60. The summed E-state index contributed by atoms with van der Waals surface area (Å²) in [6, 6.07) is 5.61. The van der Waals surface area contributed by atoms with E-state index in [1.807, 2.05) is 6.07 Å². The lowest BCUT2D eigenvalue weighted by Gasteiger charge is -2.07. The first-order valence-electron chi connectivity index (χ1n) is 8.31. The topological polar surface area (TPSA) is 72.3 Å². The zero-order chi connectivity index (χ0) is 16.5. The number of hydrogen-bond donors (Lipinski definition) is 1. The fraction of sp³-hybridized carbons (Fsp3) is 0.222. The number of nitrogens with one attached hydrogen (secondary N) is 1. The van der Waals surface area contributed by atoms with Gasteiger partial charge in [-0.05, 0) is 42.5 Å². The van der Waals surface area contributed by atoms with Crippen LogP contribution < -0.4 is 0 Å². The van der Waals surface area contributed by atoms with Crippen LogP contribution >= 0.6 is 0 Å². The van der Waals surface area contributed by atoms with Gasteiger partial charge in [-0.25, -0.2) is 9.37 Å². The summed E-state index contributed by atoms with van der Waals surface area (Å²) in [5.41, 5.74) is 5.58. The molecule has 1 saturated carbocycles. The van der Waals surface area contributed by atoms with Crippen molar-refractivity contribution < 1.29 is 4.39 Å². The highest BCUT2D eigenvalue weighted by Gasteiger charge is 2.48. The van der Waals surface area contributed by atoms with Crippen molar-refractivity contribution in [2.24, 2.45) is 5.92 Å². The van der Waals surface area contributed by atoms with Gasteiger partial charge in [-0.3, -0.25) is 14.8 Å². The molecule has 1 aliphatic carbocycles. The van der Waals surface area contributed by atoms with Gasteiger partial charge in [0, 0.05) is 22.8 Å². The molecular formula is C18H13FN6. The highest BCUT2D eigenvalue weighted by molar-refractivity contribution is 5.97. The quantitative estimate of drug-likeness (QED) is 0.612. The molecule has 1 N–H and O–H groups in total. The second-order valence-corrected chi connectivity index (χ2v) is 6.73. The van der Waals surface area contributed by atoms with Crippen molar-refractivity contribution in [3.05, 3.63) is 48.3 Å². The molecule has 6 nitrogen and oxygen atoms in total. The molecule has 0 bridgehead atoms. The van der Waals surface area contributed by atoms with E-state index >= 15 is 0 Å². The van der Waals surface area contributed by atoms with E-state index < -0.39 is 0 Å². The molecule has 1 fully saturated rings. The van der Waals surface area contributed by atoms with E-state index in [2.05, 4.69) is 24.8 Å². The molecule has 0 unspecified atom stereocenters. The molecule has 7 heteroatoms. The number of aromatic amines is 1. The van der Waals surface area contributed by atoms with Gasteiger partial charge in [-0.15, -0.1) is 0 Å². The van der Waals surface area contributed by atoms with E-state index in [4.69, 9.17) is 5.10 Å². The van der Waals surface area contributed by atoms with Crippen LogP contribution in [0.1, 0.15) is 18.2 Å². The Hall–Kier alpha value is -3.09. The van der Waals surface area contributed by atoms with Crippen LogP contribution in [-0.4, -0.2) is 29.9 Å². The summed E-state index contributed by atoms with van der Waals surface area (Å²) >= 11 is 0. The van der Waals surface area contributed by atoms with Gasteiger partial charge in [0.25, 0.3) is 0 Å². The number of fused-ring (bicyclic) bond motifs is 4. The summed E-state index contributed by atoms with van der Waals surface area (Å²) in [7, 11) is 0. The van der Waals surface area contributed by atoms with E-state index in [0.29, 0.717) is 17.7 Å². The van der Waals surface area contributed by atoms with Gasteiger partial charge in [0.15, 0.2) is 5.65 Å². The lowest BCUT2D eigenvalue weighted by Crippen LogP contribution is -1.96. The second-order valence-electron chi connectivity index (χ2n) is 6.73. The summed E-state index contributed by atoms with van der Waals surface area (Å²) in [5, 5.41) is 12.9. The fourth-order valence-corrected chi connectivity index (χ4v) is 3.99. The lowest BCUT2D eigenvalue weighted by atomic mass is 9.98. The average Bonchev–Trinajstić information content (AvgIpc) is 2.99. The van der Waals surface area contributed by atoms with E-state index in [-0.39, 0.29) is 5.82 Å². The Morgan fingerprint density at radius 3 is 3.00 bits per heavy atom. The predicted octanol–water partition coefficient (Wildman–Crippen LogP) is 3.14. The Labute approximate surface area is 141 Å². The normalized spacial score (nSPS) is 20.7. The molecule has 4 aromatic rings. The molecule has 0 amide bonds. The van der Waals surface area contributed by atoms with Crippen molar-refractivity contribution in [1.29, 1.82) is 0 Å². The molecule has 2 aliphatic rings. The molecule has 1 aliphatic heterocycles. The number of aromatic nitrogens is 6. The highest BCUT2D eigenvalue weighted by atomic mass is 19.1. The minimum Gasteiger partial charge on any atom is -0.265 e. The Morgan fingerprint density at radius 1 is 1.16 bits per heavy atom. The molecule has 6 rings (SSSR count). The maximum Gasteiger partial charge on any atom is 0.155 e. The zero-order valence-electron chi connectivity index (χ0n) is 13.1. The van der Waals surface area contributed by atoms with Gasteiger partial charge >= 0.3 is 0 Å². The third kappa shape index (κ3) is 1.77. The third-order valence-corrected chi connectivity index (χ3v) is 5.26. The van der Waals surface area contributed by atoms with E-state index in [9.17, 15) is 4.39 Å². The molecule has 2 atom stereocenters. The first kappa shape index (κ1) is 13.2. The number of H-pyrrole nitrogens is 1. The van der Waals surface area contributed by atoms with Gasteiger partial charge < -0.3 is 0 Å². The molecule has 122 valence electrons. The Morgan fingerprint density at radius 2 is 2.12 bits per heavy atom. The Bertz CT molecular complexity index is 1130. The van der Waals surface area contributed by atoms with Crippen molar-refractivity contribution >= 4 is 11.0 Å². The smallest absolute Gasteiger partial charge is 0.155 e. The van der Waals surface area contributed by atoms with Crippen LogP contribution in [0.3, 0.4) is 0 Å². The van der Waals surface area contributed by atoms with Gasteiger partial charge in [0.1, 0.15) is 11.5 Å². The van der Waals surface area contributed by atoms with Crippen molar-refractivity contribution in [2.75, 3.05) is 0 Å². The van der Waals surface area contributed by atoms with E-state index in [0.717, 1.165) is 34.3 Å². The average molecular weight is 332 g/mol. The van der Waals surface area contributed by atoms with Crippen molar-refractivity contribution in [1.82, 2.24) is 29.9 Å². The minimum absolute atomic E-state index is 0.347. The molecular weight excluding hydrogens is 319 g/mol. The van der Waals surface area contributed by atoms with Crippen molar-refractivity contribution in [3.8, 4) is 22.5 Å². The Kier molecular flexibility index (Phi) is 2.38. The van der Waals surface area contributed by atoms with Crippen LogP contribution in [0.2, 0.25) is 0 Å². The third-order valence-electron chi connectivity index (χ3n) is 5.26. The van der Waals surface area contributed by atoms with Crippen LogP contribution in [0.15, 0.2) is 36.8 Å². The number of nitrogens with zero attached hydrogens (tertiary/aromatic N) is 5. The SMILES string of the molecule is Fc1ccc(-c2nn3c(c2-c2ccnc4[nH]ncc24)C[C@@H]2C[C@@H]23)nc1. The van der Waals surface area contributed by atoms with Gasteiger partial charge in [-0.2, -0.15) is 10.2 Å². The number of halogens is 1. The summed E-state index contributed by atoms with van der Waals surface area (Å²) in [5.74, 6) is 0.360. The van der Waals surface area contributed by atoms with Crippen LogP contribution in [0, 0.1) is 11.7 Å². The maximum absolute atomic E-state index is 13.3. The molecule has 4 aromatic heterocycles. The van der Waals surface area contributed by atoms with Crippen molar-refractivity contribution in [3.63, 3.8) is 0 Å². The monoisotopic (exact) mass is 332 g/mol. The second kappa shape index (κ2) is 4.50. The van der Waals surface area contributed by atoms with E-state index in [1.165, 1.54) is 24.4 Å². The fourth-order valence-electron chi connectivity index (χ4n) is 3.99. The largest absolute Gasteiger partial charge is 0.265 e. The van der Waals surface area contributed by atoms with Crippen molar-refractivity contribution in [2.45, 2.75) is 18.9 Å². The van der Waals surface area contributed by atoms with E-state index in [1.54, 1.807) is 18.5 Å². The summed E-state index contributed by atoms with van der Waals surface area (Å²) in [6.45, 7) is 0. The number of pyridine rings is 2. The summed E-state index contributed by atoms with van der Waals surface area (Å²) in [6.07, 6.45) is 7.03. The van der Waals surface area contributed by atoms with Gasteiger partial charge in [-0.1, -0.05) is 0 Å². The molecule has 0 radical (unpaired) electrons. The standard InChI is InChI=1S/C18H13FN6/c19-10-1-2-13(21-7-10)17-16(15-6-9-5-14(9)25(15)24-17)11-3-4-20-18-12(11)8-22-23-18/h1-4,7-9,14H,5-6H2,(H,20,22,23)/t9-,14-/m0/s1. The zero-order valence-corrected chi connectivity index (χ0v) is 13.1. The number of hydrogen-bond acceptors (Lipinski definition) is 4. The van der Waals surface area contributed by atoms with Gasteiger partial charge in [0.05, 0.1) is 24.1 Å². The molecule has 25 heavy (non-hydrogen) atoms. The highest BCUT2D eigenvalue weighted by Crippen LogP contribution is 2.54.